The summed E-state index contributed by atoms with van der Waals surface area (Å²) in [6.07, 6.45) is 2.14. The molecule has 2 aliphatic heterocycles. The monoisotopic (exact) mass is 383 g/mol. The number of nitrogens with one attached hydrogen (secondary N) is 2. The standard InChI is InChI=1S/C19H17N3O6/c23-19(14-8-13(20-21-14)15-2-1-5-24-15)25-9-12-7-17(28-22-12)11-3-4-16-18(6-11)27-10-26-16/h1-7,13-14,20-21H,8-10H2. The first kappa shape index (κ1) is 16.8. The topological polar surface area (TPSA) is 108 Å². The van der Waals surface area contributed by atoms with E-state index in [4.69, 9.17) is 23.2 Å². The maximum atomic E-state index is 12.3. The van der Waals surface area contributed by atoms with E-state index in [0.29, 0.717) is 29.4 Å². The molecule has 2 atom stereocenters. The molecular weight excluding hydrogens is 366 g/mol. The van der Waals surface area contributed by atoms with Crippen molar-refractivity contribution < 1.29 is 27.9 Å². The molecule has 144 valence electrons. The number of furan rings is 1. The lowest BCUT2D eigenvalue weighted by Crippen LogP contribution is -2.37. The minimum Gasteiger partial charge on any atom is -0.468 e. The third-order valence-electron chi connectivity index (χ3n) is 4.65. The number of carbonyl (C=O) groups excluding carboxylic acids is 1. The van der Waals surface area contributed by atoms with Crippen LogP contribution in [0.5, 0.6) is 11.5 Å². The van der Waals surface area contributed by atoms with Crippen molar-refractivity contribution >= 4 is 5.97 Å². The van der Waals surface area contributed by atoms with Gasteiger partial charge >= 0.3 is 5.97 Å². The van der Waals surface area contributed by atoms with E-state index in [2.05, 4.69) is 16.0 Å². The summed E-state index contributed by atoms with van der Waals surface area (Å²) >= 11 is 0. The molecule has 0 amide bonds. The molecule has 9 heteroatoms. The zero-order chi connectivity index (χ0) is 18.9. The van der Waals surface area contributed by atoms with E-state index < -0.39 is 6.04 Å². The summed E-state index contributed by atoms with van der Waals surface area (Å²) in [7, 11) is 0. The number of hydrogen-bond donors (Lipinski definition) is 2. The first-order chi connectivity index (χ1) is 13.8. The van der Waals surface area contributed by atoms with E-state index in [1.165, 1.54) is 0 Å². The Morgan fingerprint density at radius 3 is 3.00 bits per heavy atom. The fraction of sp³-hybridized carbons (Fsp3) is 0.263. The number of esters is 1. The molecule has 0 saturated carbocycles. The molecule has 1 fully saturated rings. The van der Waals surface area contributed by atoms with Crippen LogP contribution >= 0.6 is 0 Å². The zero-order valence-corrected chi connectivity index (χ0v) is 14.7. The lowest BCUT2D eigenvalue weighted by atomic mass is 10.1. The Bertz CT molecular complexity index is 983. The van der Waals surface area contributed by atoms with E-state index in [0.717, 1.165) is 11.3 Å². The van der Waals surface area contributed by atoms with Gasteiger partial charge in [-0.2, -0.15) is 0 Å². The fourth-order valence-corrected chi connectivity index (χ4v) is 3.20. The number of rotatable bonds is 5. The van der Waals surface area contributed by atoms with Gasteiger partial charge in [0.1, 0.15) is 24.1 Å². The van der Waals surface area contributed by atoms with Crippen molar-refractivity contribution in [3.05, 3.63) is 54.1 Å². The second-order valence-electron chi connectivity index (χ2n) is 6.50. The number of aromatic nitrogens is 1. The number of hydrogen-bond acceptors (Lipinski definition) is 9. The largest absolute Gasteiger partial charge is 0.468 e. The van der Waals surface area contributed by atoms with Gasteiger partial charge in [0.25, 0.3) is 0 Å². The van der Waals surface area contributed by atoms with E-state index in [9.17, 15) is 4.79 Å². The highest BCUT2D eigenvalue weighted by Gasteiger charge is 2.32. The number of benzene rings is 1. The van der Waals surface area contributed by atoms with Crippen molar-refractivity contribution in [2.75, 3.05) is 6.79 Å². The van der Waals surface area contributed by atoms with Crippen LogP contribution in [0.1, 0.15) is 23.9 Å². The van der Waals surface area contributed by atoms with Gasteiger partial charge in [0.2, 0.25) is 6.79 Å². The van der Waals surface area contributed by atoms with Crippen LogP contribution in [0.2, 0.25) is 0 Å². The Kier molecular flexibility index (Phi) is 4.22. The molecule has 2 N–H and O–H groups in total. The zero-order valence-electron chi connectivity index (χ0n) is 14.7. The van der Waals surface area contributed by atoms with Crippen molar-refractivity contribution in [1.82, 2.24) is 16.0 Å². The van der Waals surface area contributed by atoms with Crippen LogP contribution in [0.4, 0.5) is 0 Å². The maximum Gasteiger partial charge on any atom is 0.324 e. The molecule has 1 saturated heterocycles. The predicted molar refractivity (Wildman–Crippen MR) is 94.0 cm³/mol. The SMILES string of the molecule is O=C(OCc1cc(-c2ccc3c(c2)OCO3)on1)C1CC(c2ccco2)NN1. The Hall–Kier alpha value is -3.30. The highest BCUT2D eigenvalue weighted by molar-refractivity contribution is 5.76. The smallest absolute Gasteiger partial charge is 0.324 e. The van der Waals surface area contributed by atoms with Gasteiger partial charge in [0, 0.05) is 11.6 Å². The van der Waals surface area contributed by atoms with E-state index in [1.54, 1.807) is 12.3 Å². The van der Waals surface area contributed by atoms with Gasteiger partial charge in [0.15, 0.2) is 17.3 Å². The maximum absolute atomic E-state index is 12.3. The first-order valence-corrected chi connectivity index (χ1v) is 8.83. The quantitative estimate of drug-likeness (QED) is 0.642. The summed E-state index contributed by atoms with van der Waals surface area (Å²) in [5.74, 6) is 2.32. The van der Waals surface area contributed by atoms with Crippen molar-refractivity contribution in [1.29, 1.82) is 0 Å². The summed E-state index contributed by atoms with van der Waals surface area (Å²) in [5.41, 5.74) is 7.29. The van der Waals surface area contributed by atoms with Crippen LogP contribution < -0.4 is 20.3 Å². The van der Waals surface area contributed by atoms with Crippen molar-refractivity contribution in [3.8, 4) is 22.8 Å². The minimum absolute atomic E-state index is 0.0243. The van der Waals surface area contributed by atoms with Crippen LogP contribution in [0.3, 0.4) is 0 Å². The Morgan fingerprint density at radius 2 is 2.11 bits per heavy atom. The van der Waals surface area contributed by atoms with Crippen LogP contribution in [-0.2, 0) is 16.1 Å². The Morgan fingerprint density at radius 1 is 1.18 bits per heavy atom. The highest BCUT2D eigenvalue weighted by Crippen LogP contribution is 2.36. The predicted octanol–water partition coefficient (Wildman–Crippen LogP) is 2.31. The molecule has 2 unspecified atom stereocenters. The second kappa shape index (κ2) is 7.02. The molecule has 5 rings (SSSR count). The van der Waals surface area contributed by atoms with Gasteiger partial charge in [-0.3, -0.25) is 4.79 Å². The van der Waals surface area contributed by atoms with Crippen LogP contribution in [0.25, 0.3) is 11.3 Å². The number of ether oxygens (including phenoxy) is 3. The molecule has 9 nitrogen and oxygen atoms in total. The highest BCUT2D eigenvalue weighted by atomic mass is 16.7. The molecule has 0 aliphatic carbocycles. The Balaban J connectivity index is 1.18. The van der Waals surface area contributed by atoms with E-state index >= 15 is 0 Å². The van der Waals surface area contributed by atoms with Crippen molar-refractivity contribution in [3.63, 3.8) is 0 Å². The molecule has 0 bridgehead atoms. The summed E-state index contributed by atoms with van der Waals surface area (Å²) in [4.78, 5) is 12.3. The average Bonchev–Trinajstić information content (AvgIpc) is 3.51. The van der Waals surface area contributed by atoms with Gasteiger partial charge in [-0.1, -0.05) is 5.16 Å². The lowest BCUT2D eigenvalue weighted by molar-refractivity contribution is -0.147. The van der Waals surface area contributed by atoms with Gasteiger partial charge in [-0.05, 0) is 36.8 Å². The van der Waals surface area contributed by atoms with Crippen molar-refractivity contribution in [2.24, 2.45) is 0 Å². The summed E-state index contributed by atoms with van der Waals surface area (Å²) in [6, 6.07) is 10.4. The van der Waals surface area contributed by atoms with E-state index in [-0.39, 0.29) is 25.4 Å². The third-order valence-corrected chi connectivity index (χ3v) is 4.65. The van der Waals surface area contributed by atoms with Crippen LogP contribution in [-0.4, -0.2) is 24.0 Å². The van der Waals surface area contributed by atoms with Crippen LogP contribution in [0, 0.1) is 0 Å². The molecule has 4 heterocycles. The van der Waals surface area contributed by atoms with Gasteiger partial charge in [0.05, 0.1) is 12.3 Å². The van der Waals surface area contributed by atoms with Crippen molar-refractivity contribution in [2.45, 2.75) is 25.1 Å². The molecule has 2 aliphatic rings. The molecular formula is C19H17N3O6. The van der Waals surface area contributed by atoms with Gasteiger partial charge in [-0.25, -0.2) is 10.9 Å². The molecule has 0 spiro atoms. The van der Waals surface area contributed by atoms with E-state index in [1.807, 2.05) is 30.3 Å². The fourth-order valence-electron chi connectivity index (χ4n) is 3.20. The second-order valence-corrected chi connectivity index (χ2v) is 6.50. The average molecular weight is 383 g/mol. The third kappa shape index (κ3) is 3.21. The summed E-state index contributed by atoms with van der Waals surface area (Å²) in [6.45, 7) is 0.234. The lowest BCUT2D eigenvalue weighted by Gasteiger charge is -2.08. The number of carbonyl (C=O) groups is 1. The molecule has 1 aromatic carbocycles. The normalized spacial score (nSPS) is 20.4. The molecule has 28 heavy (non-hydrogen) atoms. The molecule has 0 radical (unpaired) electrons. The Labute approximate surface area is 159 Å². The summed E-state index contributed by atoms with van der Waals surface area (Å²) < 4.78 is 26.7. The molecule has 3 aromatic rings. The number of hydrazine groups is 1. The van der Waals surface area contributed by atoms with Gasteiger partial charge < -0.3 is 23.2 Å². The summed E-state index contributed by atoms with van der Waals surface area (Å²) in [5, 5.41) is 3.96. The van der Waals surface area contributed by atoms with Crippen LogP contribution in [0.15, 0.2) is 51.6 Å². The van der Waals surface area contributed by atoms with Gasteiger partial charge in [-0.15, -0.1) is 0 Å². The minimum atomic E-state index is -0.463. The number of nitrogens with zero attached hydrogens (tertiary/aromatic N) is 1. The molecule has 2 aromatic heterocycles. The first-order valence-electron chi connectivity index (χ1n) is 8.83. The number of fused-ring (bicyclic) bond motifs is 1.